The molecule has 1 fully saturated rings. The van der Waals surface area contributed by atoms with Gasteiger partial charge in [0.15, 0.2) is 9.84 Å². The molecule has 0 bridgehead atoms. The largest absolute Gasteiger partial charge is 0.492 e. The lowest BCUT2D eigenvalue weighted by Gasteiger charge is -2.22. The van der Waals surface area contributed by atoms with E-state index in [4.69, 9.17) is 10.5 Å². The molecule has 2 N–H and O–H groups in total. The first kappa shape index (κ1) is 13.4. The summed E-state index contributed by atoms with van der Waals surface area (Å²) >= 11 is 0. The van der Waals surface area contributed by atoms with E-state index in [9.17, 15) is 8.42 Å². The van der Waals surface area contributed by atoms with Gasteiger partial charge in [0.2, 0.25) is 0 Å². The Balaban J connectivity index is 2.12. The van der Waals surface area contributed by atoms with Crippen LogP contribution in [0.5, 0.6) is 5.75 Å². The van der Waals surface area contributed by atoms with Gasteiger partial charge in [0.25, 0.3) is 0 Å². The maximum absolute atomic E-state index is 11.6. The number of ether oxygens (including phenoxy) is 1. The van der Waals surface area contributed by atoms with Gasteiger partial charge in [-0.15, -0.1) is 0 Å². The maximum atomic E-state index is 11.6. The quantitative estimate of drug-likeness (QED) is 0.895. The molecule has 0 spiro atoms. The van der Waals surface area contributed by atoms with Crippen LogP contribution in [0.15, 0.2) is 24.3 Å². The molecule has 1 aromatic rings. The van der Waals surface area contributed by atoms with Crippen molar-refractivity contribution in [2.45, 2.75) is 18.8 Å². The molecule has 5 heteroatoms. The molecule has 0 aliphatic carbocycles. The van der Waals surface area contributed by atoms with Crippen LogP contribution >= 0.6 is 0 Å². The average molecular weight is 269 g/mol. The van der Waals surface area contributed by atoms with Crippen molar-refractivity contribution in [3.05, 3.63) is 29.8 Å². The van der Waals surface area contributed by atoms with Crippen molar-refractivity contribution in [3.8, 4) is 5.75 Å². The van der Waals surface area contributed by atoms with Crippen LogP contribution in [0, 0.1) is 0 Å². The molecule has 1 aliphatic heterocycles. The highest BCUT2D eigenvalue weighted by atomic mass is 32.2. The van der Waals surface area contributed by atoms with Gasteiger partial charge in [-0.1, -0.05) is 12.1 Å². The molecule has 1 heterocycles. The number of hydrogen-bond donors (Lipinski definition) is 1. The Labute approximate surface area is 108 Å². The summed E-state index contributed by atoms with van der Waals surface area (Å²) in [5, 5.41) is 0. The minimum atomic E-state index is -2.87. The fourth-order valence-corrected chi connectivity index (χ4v) is 4.07. The van der Waals surface area contributed by atoms with Crippen LogP contribution in [-0.2, 0) is 9.84 Å². The van der Waals surface area contributed by atoms with E-state index in [0.717, 1.165) is 24.2 Å². The summed E-state index contributed by atoms with van der Waals surface area (Å²) in [5.41, 5.74) is 6.44. The summed E-state index contributed by atoms with van der Waals surface area (Å²) in [6, 6.07) is 7.68. The van der Waals surface area contributed by atoms with E-state index in [-0.39, 0.29) is 11.7 Å². The summed E-state index contributed by atoms with van der Waals surface area (Å²) < 4.78 is 28.8. The molecular formula is C13H19NO3S. The van der Waals surface area contributed by atoms with Crippen LogP contribution in [0.2, 0.25) is 0 Å². The first-order chi connectivity index (χ1) is 8.61. The zero-order valence-corrected chi connectivity index (χ0v) is 11.2. The fraction of sp³-hybridized carbons (Fsp3) is 0.538. The molecule has 0 amide bonds. The van der Waals surface area contributed by atoms with Gasteiger partial charge in [-0.2, -0.15) is 0 Å². The minimum Gasteiger partial charge on any atom is -0.492 e. The van der Waals surface area contributed by atoms with Crippen LogP contribution in [0.1, 0.15) is 24.3 Å². The summed E-state index contributed by atoms with van der Waals surface area (Å²) in [6.07, 6.45) is 1.68. The molecule has 100 valence electrons. The highest BCUT2D eigenvalue weighted by molar-refractivity contribution is 7.91. The summed E-state index contributed by atoms with van der Waals surface area (Å²) in [5.74, 6) is 1.45. The van der Waals surface area contributed by atoms with Gasteiger partial charge >= 0.3 is 0 Å². The van der Waals surface area contributed by atoms with Crippen LogP contribution in [0.4, 0.5) is 0 Å². The van der Waals surface area contributed by atoms with Crippen molar-refractivity contribution in [2.75, 3.05) is 24.7 Å². The fourth-order valence-electron chi connectivity index (χ4n) is 2.32. The number of sulfone groups is 1. The maximum Gasteiger partial charge on any atom is 0.150 e. The predicted octanol–water partition coefficient (Wildman–Crippen LogP) is 1.32. The van der Waals surface area contributed by atoms with Gasteiger partial charge in [0.1, 0.15) is 12.4 Å². The van der Waals surface area contributed by atoms with Crippen LogP contribution in [-0.4, -0.2) is 33.1 Å². The van der Waals surface area contributed by atoms with Gasteiger partial charge < -0.3 is 10.5 Å². The number of nitrogens with two attached hydrogens (primary N) is 1. The van der Waals surface area contributed by atoms with E-state index < -0.39 is 9.84 Å². The van der Waals surface area contributed by atoms with Gasteiger partial charge in [0.05, 0.1) is 11.5 Å². The average Bonchev–Trinajstić information content (AvgIpc) is 2.35. The SMILES string of the molecule is NCCOc1cccc(C2CCCS(=O)(=O)C2)c1. The van der Waals surface area contributed by atoms with Gasteiger partial charge in [-0.25, -0.2) is 8.42 Å². The Morgan fingerprint density at radius 2 is 2.22 bits per heavy atom. The Morgan fingerprint density at radius 3 is 2.94 bits per heavy atom. The second-order valence-corrected chi connectivity index (χ2v) is 6.89. The first-order valence-corrected chi connectivity index (χ1v) is 8.06. The van der Waals surface area contributed by atoms with Crippen LogP contribution in [0.25, 0.3) is 0 Å². The van der Waals surface area contributed by atoms with Crippen molar-refractivity contribution in [3.63, 3.8) is 0 Å². The normalized spacial score (nSPS) is 22.6. The third-order valence-corrected chi connectivity index (χ3v) is 5.00. The van der Waals surface area contributed by atoms with Crippen molar-refractivity contribution in [1.29, 1.82) is 0 Å². The molecule has 1 atom stereocenters. The van der Waals surface area contributed by atoms with Crippen molar-refractivity contribution in [2.24, 2.45) is 5.73 Å². The lowest BCUT2D eigenvalue weighted by atomic mass is 9.96. The summed E-state index contributed by atoms with van der Waals surface area (Å²) in [4.78, 5) is 0. The molecular weight excluding hydrogens is 250 g/mol. The number of hydrogen-bond acceptors (Lipinski definition) is 4. The topological polar surface area (TPSA) is 69.4 Å². The third-order valence-electron chi connectivity index (χ3n) is 3.18. The van der Waals surface area contributed by atoms with Crippen LogP contribution in [0.3, 0.4) is 0 Å². The van der Waals surface area contributed by atoms with Gasteiger partial charge in [-0.05, 0) is 36.5 Å². The van der Waals surface area contributed by atoms with Crippen molar-refractivity contribution >= 4 is 9.84 Å². The molecule has 0 aromatic heterocycles. The highest BCUT2D eigenvalue weighted by Crippen LogP contribution is 2.30. The standard InChI is InChI=1S/C13H19NO3S/c14-6-7-17-13-5-1-3-11(9-13)12-4-2-8-18(15,16)10-12/h1,3,5,9,12H,2,4,6-8,10,14H2. The Morgan fingerprint density at radius 1 is 1.39 bits per heavy atom. The lowest BCUT2D eigenvalue weighted by molar-refractivity contribution is 0.327. The van der Waals surface area contributed by atoms with Crippen molar-refractivity contribution in [1.82, 2.24) is 0 Å². The molecule has 18 heavy (non-hydrogen) atoms. The minimum absolute atomic E-state index is 0.102. The molecule has 2 rings (SSSR count). The van der Waals surface area contributed by atoms with E-state index in [2.05, 4.69) is 0 Å². The highest BCUT2D eigenvalue weighted by Gasteiger charge is 2.25. The smallest absolute Gasteiger partial charge is 0.150 e. The van der Waals surface area contributed by atoms with E-state index >= 15 is 0 Å². The van der Waals surface area contributed by atoms with E-state index in [1.807, 2.05) is 24.3 Å². The lowest BCUT2D eigenvalue weighted by Crippen LogP contribution is -2.23. The molecule has 1 saturated heterocycles. The number of rotatable bonds is 4. The zero-order valence-electron chi connectivity index (χ0n) is 10.3. The van der Waals surface area contributed by atoms with Gasteiger partial charge in [-0.3, -0.25) is 0 Å². The molecule has 1 aliphatic rings. The second-order valence-electron chi connectivity index (χ2n) is 4.66. The summed E-state index contributed by atoms with van der Waals surface area (Å²) in [6.45, 7) is 0.953. The molecule has 0 radical (unpaired) electrons. The Bertz CT molecular complexity index is 499. The summed E-state index contributed by atoms with van der Waals surface area (Å²) in [7, 11) is -2.87. The zero-order chi connectivity index (χ0) is 13.0. The second kappa shape index (κ2) is 5.71. The monoisotopic (exact) mass is 269 g/mol. The molecule has 4 nitrogen and oxygen atoms in total. The van der Waals surface area contributed by atoms with Crippen LogP contribution < -0.4 is 10.5 Å². The predicted molar refractivity (Wildman–Crippen MR) is 71.6 cm³/mol. The number of benzene rings is 1. The third kappa shape index (κ3) is 3.46. The molecule has 0 saturated carbocycles. The Hall–Kier alpha value is -1.07. The van der Waals surface area contributed by atoms with E-state index in [1.54, 1.807) is 0 Å². The van der Waals surface area contributed by atoms with E-state index in [1.165, 1.54) is 0 Å². The molecule has 1 aromatic carbocycles. The van der Waals surface area contributed by atoms with Crippen molar-refractivity contribution < 1.29 is 13.2 Å². The van der Waals surface area contributed by atoms with Gasteiger partial charge in [0, 0.05) is 6.54 Å². The molecule has 1 unspecified atom stereocenters. The Kier molecular flexibility index (Phi) is 4.24. The first-order valence-electron chi connectivity index (χ1n) is 6.24. The van der Waals surface area contributed by atoms with E-state index in [0.29, 0.717) is 18.9 Å².